The highest BCUT2D eigenvalue weighted by Gasteiger charge is 2.47. The molecule has 6 heteroatoms. The van der Waals surface area contributed by atoms with Gasteiger partial charge in [0.15, 0.2) is 0 Å². The summed E-state index contributed by atoms with van der Waals surface area (Å²) < 4.78 is 5.17. The Hall–Kier alpha value is -1.59. The smallest absolute Gasteiger partial charge is 0.313 e. The predicted octanol–water partition coefficient (Wildman–Crippen LogP) is 1.56. The molecular weight excluding hydrogens is 270 g/mol. The number of nitrogens with one attached hydrogen (secondary N) is 1. The van der Waals surface area contributed by atoms with Crippen molar-refractivity contribution < 1.29 is 19.4 Å². The van der Waals surface area contributed by atoms with E-state index in [1.165, 1.54) is 0 Å². The molecule has 2 rings (SSSR count). The summed E-state index contributed by atoms with van der Waals surface area (Å²) in [6.07, 6.45) is 0. The minimum absolute atomic E-state index is 0.0792. The van der Waals surface area contributed by atoms with Crippen LogP contribution in [0, 0.1) is 5.41 Å². The third-order valence-corrected chi connectivity index (χ3v) is 3.70. The zero-order valence-corrected chi connectivity index (χ0v) is 11.1. The van der Waals surface area contributed by atoms with Crippen molar-refractivity contribution in [1.82, 2.24) is 5.32 Å². The predicted molar refractivity (Wildman–Crippen MR) is 69.3 cm³/mol. The molecule has 2 unspecified atom stereocenters. The van der Waals surface area contributed by atoms with Gasteiger partial charge in [-0.15, -0.1) is 0 Å². The van der Waals surface area contributed by atoms with Gasteiger partial charge in [0.2, 0.25) is 0 Å². The molecule has 1 aliphatic rings. The quantitative estimate of drug-likeness (QED) is 0.883. The number of carbonyl (C=O) groups excluding carboxylic acids is 1. The second kappa shape index (κ2) is 5.19. The number of carbonyl (C=O) groups is 2. The Labute approximate surface area is 115 Å². The Balaban J connectivity index is 2.16. The third-order valence-electron chi connectivity index (χ3n) is 3.37. The zero-order valence-electron chi connectivity index (χ0n) is 10.4. The van der Waals surface area contributed by atoms with Gasteiger partial charge in [-0.1, -0.05) is 23.7 Å². The normalized spacial score (nSPS) is 26.1. The van der Waals surface area contributed by atoms with Crippen LogP contribution in [-0.2, 0) is 9.53 Å². The molecule has 2 N–H and O–H groups in total. The van der Waals surface area contributed by atoms with Gasteiger partial charge in [-0.3, -0.25) is 9.59 Å². The van der Waals surface area contributed by atoms with Crippen molar-refractivity contribution in [3.05, 3.63) is 34.9 Å². The number of halogens is 1. The van der Waals surface area contributed by atoms with E-state index in [1.807, 2.05) is 0 Å². The van der Waals surface area contributed by atoms with Crippen molar-refractivity contribution in [3.63, 3.8) is 0 Å². The highest BCUT2D eigenvalue weighted by molar-refractivity contribution is 6.33. The van der Waals surface area contributed by atoms with E-state index < -0.39 is 23.3 Å². The summed E-state index contributed by atoms with van der Waals surface area (Å²) in [5.74, 6) is -1.39. The van der Waals surface area contributed by atoms with E-state index >= 15 is 0 Å². The number of aliphatic carboxylic acids is 1. The molecule has 1 fully saturated rings. The van der Waals surface area contributed by atoms with Gasteiger partial charge in [-0.2, -0.15) is 0 Å². The molecule has 5 nitrogen and oxygen atoms in total. The van der Waals surface area contributed by atoms with Crippen LogP contribution in [0.2, 0.25) is 5.02 Å². The van der Waals surface area contributed by atoms with Gasteiger partial charge in [-0.05, 0) is 19.1 Å². The number of hydrogen-bond acceptors (Lipinski definition) is 3. The van der Waals surface area contributed by atoms with E-state index in [1.54, 1.807) is 31.2 Å². The highest BCUT2D eigenvalue weighted by atomic mass is 35.5. The van der Waals surface area contributed by atoms with E-state index in [4.69, 9.17) is 16.3 Å². The van der Waals surface area contributed by atoms with E-state index in [0.29, 0.717) is 10.6 Å². The van der Waals surface area contributed by atoms with Crippen LogP contribution in [0.4, 0.5) is 0 Å². The Morgan fingerprint density at radius 1 is 1.47 bits per heavy atom. The van der Waals surface area contributed by atoms with Gasteiger partial charge in [0, 0.05) is 0 Å². The van der Waals surface area contributed by atoms with Crippen molar-refractivity contribution in [2.75, 3.05) is 13.2 Å². The lowest BCUT2D eigenvalue weighted by atomic mass is 9.85. The summed E-state index contributed by atoms with van der Waals surface area (Å²) in [7, 11) is 0. The number of hydrogen-bond donors (Lipinski definition) is 2. The van der Waals surface area contributed by atoms with E-state index in [-0.39, 0.29) is 13.2 Å². The van der Waals surface area contributed by atoms with E-state index in [2.05, 4.69) is 5.32 Å². The molecule has 0 aromatic heterocycles. The summed E-state index contributed by atoms with van der Waals surface area (Å²) in [4.78, 5) is 23.3. The van der Waals surface area contributed by atoms with Crippen LogP contribution in [0.1, 0.15) is 17.3 Å². The second-order valence-electron chi connectivity index (χ2n) is 4.74. The average Bonchev–Trinajstić information content (AvgIpc) is 2.73. The maximum atomic E-state index is 12.1. The maximum absolute atomic E-state index is 12.1. The number of ether oxygens (including phenoxy) is 1. The molecular formula is C13H14ClNO4. The lowest BCUT2D eigenvalue weighted by molar-refractivity contribution is -0.148. The van der Waals surface area contributed by atoms with Crippen molar-refractivity contribution in [3.8, 4) is 0 Å². The van der Waals surface area contributed by atoms with Crippen LogP contribution in [0.3, 0.4) is 0 Å². The molecule has 0 radical (unpaired) electrons. The lowest BCUT2D eigenvalue weighted by Crippen LogP contribution is -2.49. The van der Waals surface area contributed by atoms with E-state index in [0.717, 1.165) is 0 Å². The monoisotopic (exact) mass is 283 g/mol. The first kappa shape index (κ1) is 13.8. The molecule has 1 saturated heterocycles. The molecule has 1 amide bonds. The van der Waals surface area contributed by atoms with Crippen LogP contribution in [0.15, 0.2) is 24.3 Å². The lowest BCUT2D eigenvalue weighted by Gasteiger charge is -2.25. The topological polar surface area (TPSA) is 75.6 Å². The van der Waals surface area contributed by atoms with Gasteiger partial charge in [0.05, 0.1) is 29.8 Å². The Bertz CT molecular complexity index is 519. The van der Waals surface area contributed by atoms with Crippen LogP contribution in [0.25, 0.3) is 0 Å². The summed E-state index contributed by atoms with van der Waals surface area (Å²) in [5.41, 5.74) is -0.791. The largest absolute Gasteiger partial charge is 0.481 e. The van der Waals surface area contributed by atoms with Crippen LogP contribution in [-0.4, -0.2) is 36.2 Å². The molecule has 1 aromatic rings. The van der Waals surface area contributed by atoms with Crippen LogP contribution < -0.4 is 5.32 Å². The van der Waals surface area contributed by atoms with Gasteiger partial charge in [0.1, 0.15) is 5.41 Å². The molecule has 0 spiro atoms. The number of benzene rings is 1. The van der Waals surface area contributed by atoms with Crippen molar-refractivity contribution in [2.24, 2.45) is 5.41 Å². The summed E-state index contributed by atoms with van der Waals surface area (Å²) in [6.45, 7) is 1.81. The van der Waals surface area contributed by atoms with Gasteiger partial charge in [0.25, 0.3) is 5.91 Å². The summed E-state index contributed by atoms with van der Waals surface area (Å²) in [6, 6.07) is 6.04. The molecule has 0 saturated carbocycles. The third kappa shape index (κ3) is 2.57. The first-order valence-electron chi connectivity index (χ1n) is 5.81. The molecule has 19 heavy (non-hydrogen) atoms. The van der Waals surface area contributed by atoms with Crippen LogP contribution >= 0.6 is 11.6 Å². The molecule has 1 heterocycles. The summed E-state index contributed by atoms with van der Waals surface area (Å²) >= 11 is 5.93. The van der Waals surface area contributed by atoms with Gasteiger partial charge >= 0.3 is 5.97 Å². The first-order valence-corrected chi connectivity index (χ1v) is 6.19. The fourth-order valence-electron chi connectivity index (χ4n) is 1.97. The Morgan fingerprint density at radius 2 is 2.16 bits per heavy atom. The zero-order chi connectivity index (χ0) is 14.0. The first-order chi connectivity index (χ1) is 8.95. The van der Waals surface area contributed by atoms with Crippen LogP contribution in [0.5, 0.6) is 0 Å². The number of carboxylic acids is 1. The highest BCUT2D eigenvalue weighted by Crippen LogP contribution is 2.29. The molecule has 102 valence electrons. The fraction of sp³-hybridized carbons (Fsp3) is 0.385. The van der Waals surface area contributed by atoms with Crippen molar-refractivity contribution in [2.45, 2.75) is 13.0 Å². The standard InChI is InChI=1S/C13H14ClNO4/c1-13(12(17)18)7-19-6-10(13)15-11(16)8-4-2-3-5-9(8)14/h2-5,10H,6-7H2,1H3,(H,15,16)(H,17,18). The Kier molecular flexibility index (Phi) is 3.78. The minimum atomic E-state index is -1.11. The van der Waals surface area contributed by atoms with Gasteiger partial charge < -0.3 is 15.2 Å². The molecule has 0 bridgehead atoms. The van der Waals surface area contributed by atoms with Gasteiger partial charge in [-0.25, -0.2) is 0 Å². The average molecular weight is 284 g/mol. The molecule has 0 aliphatic carbocycles. The minimum Gasteiger partial charge on any atom is -0.481 e. The number of amides is 1. The van der Waals surface area contributed by atoms with Crippen molar-refractivity contribution >= 4 is 23.5 Å². The molecule has 1 aliphatic heterocycles. The number of carboxylic acid groups (broad SMARTS) is 1. The number of rotatable bonds is 3. The maximum Gasteiger partial charge on any atom is 0.313 e. The molecule has 2 atom stereocenters. The van der Waals surface area contributed by atoms with Crippen molar-refractivity contribution in [1.29, 1.82) is 0 Å². The molecule has 1 aromatic carbocycles. The Morgan fingerprint density at radius 3 is 2.79 bits per heavy atom. The summed E-state index contributed by atoms with van der Waals surface area (Å²) in [5, 5.41) is 12.2. The van der Waals surface area contributed by atoms with E-state index in [9.17, 15) is 14.7 Å². The second-order valence-corrected chi connectivity index (χ2v) is 5.15. The SMILES string of the molecule is CC1(C(=O)O)COCC1NC(=O)c1ccccc1Cl. The fourth-order valence-corrected chi connectivity index (χ4v) is 2.19.